The summed E-state index contributed by atoms with van der Waals surface area (Å²) in [5.74, 6) is 2.64. The molecule has 1 aromatic heterocycles. The average molecular weight is 273 g/mol. The van der Waals surface area contributed by atoms with Crippen LogP contribution in [0, 0.1) is 0 Å². The van der Waals surface area contributed by atoms with Crippen LogP contribution < -0.4 is 14.8 Å². The minimum atomic E-state index is 0.234. The van der Waals surface area contributed by atoms with Crippen LogP contribution in [0.3, 0.4) is 0 Å². The second-order valence-corrected chi connectivity index (χ2v) is 4.79. The molecule has 0 fully saturated rings. The SMILES string of the molecule is CCC(NCc1ccc2c(c1)OCCO2)c1ncc[nH]1. The van der Waals surface area contributed by atoms with E-state index in [1.165, 1.54) is 5.56 Å². The molecule has 5 heteroatoms. The van der Waals surface area contributed by atoms with Gasteiger partial charge in [-0.15, -0.1) is 0 Å². The zero-order chi connectivity index (χ0) is 13.8. The Bertz CT molecular complexity index is 554. The van der Waals surface area contributed by atoms with Gasteiger partial charge in [0, 0.05) is 18.9 Å². The molecule has 0 bridgehead atoms. The first-order chi connectivity index (χ1) is 9.86. The van der Waals surface area contributed by atoms with Crippen molar-refractivity contribution >= 4 is 0 Å². The molecule has 1 aromatic carbocycles. The Morgan fingerprint density at radius 3 is 2.90 bits per heavy atom. The first-order valence-corrected chi connectivity index (χ1v) is 6.98. The van der Waals surface area contributed by atoms with Gasteiger partial charge < -0.3 is 19.8 Å². The lowest BCUT2D eigenvalue weighted by Gasteiger charge is -2.20. The van der Waals surface area contributed by atoms with E-state index in [4.69, 9.17) is 9.47 Å². The molecule has 20 heavy (non-hydrogen) atoms. The molecule has 0 amide bonds. The third-order valence-corrected chi connectivity index (χ3v) is 3.42. The number of fused-ring (bicyclic) bond motifs is 1. The highest BCUT2D eigenvalue weighted by atomic mass is 16.6. The van der Waals surface area contributed by atoms with E-state index >= 15 is 0 Å². The average Bonchev–Trinajstić information content (AvgIpc) is 3.02. The van der Waals surface area contributed by atoms with Gasteiger partial charge in [0.1, 0.15) is 19.0 Å². The second kappa shape index (κ2) is 5.96. The zero-order valence-electron chi connectivity index (χ0n) is 11.6. The minimum absolute atomic E-state index is 0.234. The van der Waals surface area contributed by atoms with Crippen LogP contribution in [-0.2, 0) is 6.54 Å². The van der Waals surface area contributed by atoms with Crippen LogP contribution in [0.1, 0.15) is 30.8 Å². The molecule has 2 heterocycles. The number of aromatic nitrogens is 2. The summed E-state index contributed by atoms with van der Waals surface area (Å²) in [6.07, 6.45) is 4.62. The Labute approximate surface area is 118 Å². The van der Waals surface area contributed by atoms with Crippen molar-refractivity contribution < 1.29 is 9.47 Å². The third kappa shape index (κ3) is 2.77. The van der Waals surface area contributed by atoms with E-state index in [9.17, 15) is 0 Å². The molecule has 3 rings (SSSR count). The third-order valence-electron chi connectivity index (χ3n) is 3.42. The van der Waals surface area contributed by atoms with Gasteiger partial charge in [-0.25, -0.2) is 4.98 Å². The first-order valence-electron chi connectivity index (χ1n) is 6.98. The number of hydrogen-bond donors (Lipinski definition) is 2. The molecule has 0 spiro atoms. The number of ether oxygens (including phenoxy) is 2. The predicted octanol–water partition coefficient (Wildman–Crippen LogP) is 2.42. The van der Waals surface area contributed by atoms with E-state index in [2.05, 4.69) is 28.3 Å². The van der Waals surface area contributed by atoms with E-state index in [0.717, 1.165) is 30.3 Å². The first kappa shape index (κ1) is 13.0. The largest absolute Gasteiger partial charge is 0.486 e. The van der Waals surface area contributed by atoms with Gasteiger partial charge in [0.05, 0.1) is 6.04 Å². The predicted molar refractivity (Wildman–Crippen MR) is 75.9 cm³/mol. The summed E-state index contributed by atoms with van der Waals surface area (Å²) in [6.45, 7) is 4.16. The van der Waals surface area contributed by atoms with E-state index < -0.39 is 0 Å². The molecule has 5 nitrogen and oxygen atoms in total. The van der Waals surface area contributed by atoms with Crippen LogP contribution in [0.25, 0.3) is 0 Å². The fourth-order valence-corrected chi connectivity index (χ4v) is 2.34. The molecule has 106 valence electrons. The number of nitrogens with zero attached hydrogens (tertiary/aromatic N) is 1. The molecule has 0 radical (unpaired) electrons. The van der Waals surface area contributed by atoms with Crippen molar-refractivity contribution in [2.75, 3.05) is 13.2 Å². The van der Waals surface area contributed by atoms with Crippen LogP contribution in [0.2, 0.25) is 0 Å². The van der Waals surface area contributed by atoms with E-state index in [1.807, 2.05) is 18.3 Å². The molecular weight excluding hydrogens is 254 g/mol. The number of rotatable bonds is 5. The maximum Gasteiger partial charge on any atom is 0.161 e. The van der Waals surface area contributed by atoms with Crippen molar-refractivity contribution in [3.05, 3.63) is 42.0 Å². The number of hydrogen-bond acceptors (Lipinski definition) is 4. The Hall–Kier alpha value is -2.01. The summed E-state index contributed by atoms with van der Waals surface area (Å²) in [7, 11) is 0. The summed E-state index contributed by atoms with van der Waals surface area (Å²) < 4.78 is 11.1. The standard InChI is InChI=1S/C15H19N3O2/c1-2-12(15-16-5-6-17-15)18-10-11-3-4-13-14(9-11)20-8-7-19-13/h3-6,9,12,18H,2,7-8,10H2,1H3,(H,16,17). The number of nitrogens with one attached hydrogen (secondary N) is 2. The van der Waals surface area contributed by atoms with Crippen LogP contribution in [0.15, 0.2) is 30.6 Å². The summed E-state index contributed by atoms with van der Waals surface area (Å²) in [6, 6.07) is 6.31. The van der Waals surface area contributed by atoms with Crippen molar-refractivity contribution in [3.63, 3.8) is 0 Å². The topological polar surface area (TPSA) is 59.2 Å². The zero-order valence-corrected chi connectivity index (χ0v) is 11.6. The van der Waals surface area contributed by atoms with Gasteiger partial charge in [-0.05, 0) is 24.1 Å². The minimum Gasteiger partial charge on any atom is -0.486 e. The van der Waals surface area contributed by atoms with Gasteiger partial charge >= 0.3 is 0 Å². The summed E-state index contributed by atoms with van der Waals surface area (Å²) in [4.78, 5) is 7.46. The van der Waals surface area contributed by atoms with Crippen LogP contribution >= 0.6 is 0 Å². The van der Waals surface area contributed by atoms with Gasteiger partial charge in [0.2, 0.25) is 0 Å². The van der Waals surface area contributed by atoms with Crippen molar-refractivity contribution in [1.82, 2.24) is 15.3 Å². The smallest absolute Gasteiger partial charge is 0.161 e. The highest BCUT2D eigenvalue weighted by molar-refractivity contribution is 5.43. The number of imidazole rings is 1. The summed E-state index contributed by atoms with van der Waals surface area (Å²) >= 11 is 0. The molecule has 2 N–H and O–H groups in total. The Morgan fingerprint density at radius 1 is 1.30 bits per heavy atom. The van der Waals surface area contributed by atoms with Crippen molar-refractivity contribution in [3.8, 4) is 11.5 Å². The van der Waals surface area contributed by atoms with Crippen molar-refractivity contribution in [1.29, 1.82) is 0 Å². The van der Waals surface area contributed by atoms with Gasteiger partial charge in [0.25, 0.3) is 0 Å². The van der Waals surface area contributed by atoms with Crippen molar-refractivity contribution in [2.24, 2.45) is 0 Å². The molecule has 2 aromatic rings. The van der Waals surface area contributed by atoms with Gasteiger partial charge in [0.15, 0.2) is 11.5 Å². The number of H-pyrrole nitrogens is 1. The van der Waals surface area contributed by atoms with Crippen LogP contribution in [0.4, 0.5) is 0 Å². The number of benzene rings is 1. The summed E-state index contributed by atoms with van der Waals surface area (Å²) in [5, 5.41) is 3.50. The molecule has 1 atom stereocenters. The van der Waals surface area contributed by atoms with E-state index in [1.54, 1.807) is 6.20 Å². The lowest BCUT2D eigenvalue weighted by atomic mass is 10.1. The van der Waals surface area contributed by atoms with Crippen molar-refractivity contribution in [2.45, 2.75) is 25.9 Å². The van der Waals surface area contributed by atoms with Gasteiger partial charge in [-0.3, -0.25) is 0 Å². The highest BCUT2D eigenvalue weighted by Gasteiger charge is 2.14. The lowest BCUT2D eigenvalue weighted by Crippen LogP contribution is -2.21. The highest BCUT2D eigenvalue weighted by Crippen LogP contribution is 2.30. The fraction of sp³-hybridized carbons (Fsp3) is 0.400. The molecule has 1 aliphatic rings. The molecule has 0 saturated heterocycles. The second-order valence-electron chi connectivity index (χ2n) is 4.79. The quantitative estimate of drug-likeness (QED) is 0.878. The fourth-order valence-electron chi connectivity index (χ4n) is 2.34. The molecule has 0 aliphatic carbocycles. The number of aromatic amines is 1. The van der Waals surface area contributed by atoms with Gasteiger partial charge in [-0.2, -0.15) is 0 Å². The Balaban J connectivity index is 1.66. The molecule has 1 unspecified atom stereocenters. The Kier molecular flexibility index (Phi) is 3.87. The van der Waals surface area contributed by atoms with E-state index in [0.29, 0.717) is 13.2 Å². The maximum absolute atomic E-state index is 5.60. The maximum atomic E-state index is 5.60. The monoisotopic (exact) mass is 273 g/mol. The molecule has 1 aliphatic heterocycles. The van der Waals surface area contributed by atoms with Crippen LogP contribution in [0.5, 0.6) is 11.5 Å². The Morgan fingerprint density at radius 2 is 2.15 bits per heavy atom. The van der Waals surface area contributed by atoms with E-state index in [-0.39, 0.29) is 6.04 Å². The summed E-state index contributed by atoms with van der Waals surface area (Å²) in [5.41, 5.74) is 1.18. The normalized spacial score (nSPS) is 15.1. The molecule has 0 saturated carbocycles. The van der Waals surface area contributed by atoms with Crippen LogP contribution in [-0.4, -0.2) is 23.2 Å². The molecular formula is C15H19N3O2. The van der Waals surface area contributed by atoms with Gasteiger partial charge in [-0.1, -0.05) is 13.0 Å². The lowest BCUT2D eigenvalue weighted by molar-refractivity contribution is 0.171.